The van der Waals surface area contributed by atoms with Gasteiger partial charge in [-0.1, -0.05) is 66.0 Å². The molecule has 1 saturated carbocycles. The van der Waals surface area contributed by atoms with Crippen molar-refractivity contribution in [3.05, 3.63) is 12.2 Å². The van der Waals surface area contributed by atoms with Crippen LogP contribution in [-0.2, 0) is 0 Å². The zero-order valence-corrected chi connectivity index (χ0v) is 13.3. The molecule has 0 nitrogen and oxygen atoms in total. The lowest BCUT2D eigenvalue weighted by Gasteiger charge is -2.31. The summed E-state index contributed by atoms with van der Waals surface area (Å²) >= 11 is 0. The highest BCUT2D eigenvalue weighted by atomic mass is 14.5. The maximum absolute atomic E-state index is 2.51. The molecule has 1 fully saturated rings. The maximum Gasteiger partial charge on any atom is -0.0205 e. The van der Waals surface area contributed by atoms with Crippen molar-refractivity contribution in [2.24, 2.45) is 29.6 Å². The average Bonchev–Trinajstić information content (AvgIpc) is 3.17. The number of rotatable bonds is 9. The van der Waals surface area contributed by atoms with Crippen LogP contribution in [-0.4, -0.2) is 0 Å². The van der Waals surface area contributed by atoms with Crippen LogP contribution in [0.25, 0.3) is 0 Å². The van der Waals surface area contributed by atoms with E-state index in [4.69, 9.17) is 0 Å². The topological polar surface area (TPSA) is 0 Å². The second-order valence-corrected chi connectivity index (χ2v) is 6.12. The minimum absolute atomic E-state index is 0.818. The standard InChI is InChI=1S/C18H34/c1-6-11-12-14(7-2)16(9-4)17(10-5)18-13-15(18)8-3/h11-12,14-18H,6-10,13H2,1-5H3. The molecule has 0 spiro atoms. The van der Waals surface area contributed by atoms with Crippen LogP contribution >= 0.6 is 0 Å². The Labute approximate surface area is 115 Å². The van der Waals surface area contributed by atoms with Gasteiger partial charge in [0, 0.05) is 0 Å². The Kier molecular flexibility index (Phi) is 7.04. The van der Waals surface area contributed by atoms with Crippen LogP contribution in [0.15, 0.2) is 12.2 Å². The molecule has 106 valence electrons. The summed E-state index contributed by atoms with van der Waals surface area (Å²) in [7, 11) is 0. The summed E-state index contributed by atoms with van der Waals surface area (Å²) in [6.07, 6.45) is 13.1. The van der Waals surface area contributed by atoms with Crippen molar-refractivity contribution in [3.63, 3.8) is 0 Å². The Morgan fingerprint density at radius 1 is 1.00 bits per heavy atom. The van der Waals surface area contributed by atoms with Gasteiger partial charge in [0.1, 0.15) is 0 Å². The fourth-order valence-electron chi connectivity index (χ4n) is 4.00. The van der Waals surface area contributed by atoms with Crippen molar-refractivity contribution in [2.75, 3.05) is 0 Å². The van der Waals surface area contributed by atoms with E-state index >= 15 is 0 Å². The molecule has 0 radical (unpaired) electrons. The Hall–Kier alpha value is -0.260. The first-order valence-corrected chi connectivity index (χ1v) is 8.39. The largest absolute Gasteiger partial charge is 0.0885 e. The third kappa shape index (κ3) is 3.87. The van der Waals surface area contributed by atoms with Gasteiger partial charge in [-0.15, -0.1) is 0 Å². The Morgan fingerprint density at radius 2 is 1.72 bits per heavy atom. The Bertz CT molecular complexity index is 240. The van der Waals surface area contributed by atoms with Crippen LogP contribution in [0.4, 0.5) is 0 Å². The fourth-order valence-corrected chi connectivity index (χ4v) is 4.00. The minimum Gasteiger partial charge on any atom is -0.0885 e. The summed E-state index contributed by atoms with van der Waals surface area (Å²) in [6.45, 7) is 11.8. The zero-order valence-electron chi connectivity index (χ0n) is 13.3. The third-order valence-electron chi connectivity index (χ3n) is 5.18. The molecule has 1 aliphatic carbocycles. The molecule has 0 aromatic heterocycles. The summed E-state index contributed by atoms with van der Waals surface area (Å²) in [5.74, 6) is 4.82. The van der Waals surface area contributed by atoms with Crippen molar-refractivity contribution < 1.29 is 0 Å². The highest BCUT2D eigenvalue weighted by molar-refractivity contribution is 4.98. The van der Waals surface area contributed by atoms with Crippen LogP contribution in [0.3, 0.4) is 0 Å². The Balaban J connectivity index is 2.69. The van der Waals surface area contributed by atoms with E-state index in [-0.39, 0.29) is 0 Å². The van der Waals surface area contributed by atoms with Crippen LogP contribution < -0.4 is 0 Å². The average molecular weight is 250 g/mol. The van der Waals surface area contributed by atoms with Gasteiger partial charge in [0.05, 0.1) is 0 Å². The Morgan fingerprint density at radius 3 is 2.11 bits per heavy atom. The summed E-state index contributed by atoms with van der Waals surface area (Å²) in [4.78, 5) is 0. The first kappa shape index (κ1) is 15.8. The van der Waals surface area contributed by atoms with E-state index < -0.39 is 0 Å². The molecular formula is C18H34. The number of hydrogen-bond donors (Lipinski definition) is 0. The molecule has 0 heterocycles. The second kappa shape index (κ2) is 8.02. The molecule has 0 aromatic carbocycles. The van der Waals surface area contributed by atoms with E-state index in [2.05, 4.69) is 46.8 Å². The summed E-state index contributed by atoms with van der Waals surface area (Å²) in [5, 5.41) is 0. The predicted octanol–water partition coefficient (Wildman–Crippen LogP) is 6.08. The molecule has 1 rings (SSSR count). The summed E-state index contributed by atoms with van der Waals surface area (Å²) in [6, 6.07) is 0. The molecule has 0 saturated heterocycles. The molecule has 0 amide bonds. The van der Waals surface area contributed by atoms with Crippen molar-refractivity contribution in [1.82, 2.24) is 0 Å². The van der Waals surface area contributed by atoms with Gasteiger partial charge in [-0.05, 0) is 48.9 Å². The monoisotopic (exact) mass is 250 g/mol. The number of hydrogen-bond acceptors (Lipinski definition) is 0. The van der Waals surface area contributed by atoms with Crippen LogP contribution in [0.1, 0.15) is 73.1 Å². The molecule has 1 aliphatic rings. The second-order valence-electron chi connectivity index (χ2n) is 6.12. The van der Waals surface area contributed by atoms with Crippen molar-refractivity contribution in [2.45, 2.75) is 73.1 Å². The van der Waals surface area contributed by atoms with E-state index in [1.807, 2.05) is 0 Å². The van der Waals surface area contributed by atoms with Gasteiger partial charge in [-0.3, -0.25) is 0 Å². The molecule has 5 unspecified atom stereocenters. The van der Waals surface area contributed by atoms with Gasteiger partial charge in [0.25, 0.3) is 0 Å². The van der Waals surface area contributed by atoms with E-state index in [1.165, 1.54) is 38.5 Å². The first-order chi connectivity index (χ1) is 8.73. The lowest BCUT2D eigenvalue weighted by atomic mass is 9.74. The zero-order chi connectivity index (χ0) is 13.5. The number of allylic oxidation sites excluding steroid dienone is 2. The van der Waals surface area contributed by atoms with Gasteiger partial charge < -0.3 is 0 Å². The molecule has 0 N–H and O–H groups in total. The van der Waals surface area contributed by atoms with Crippen LogP contribution in [0.2, 0.25) is 0 Å². The van der Waals surface area contributed by atoms with Gasteiger partial charge in [0.15, 0.2) is 0 Å². The highest BCUT2D eigenvalue weighted by Gasteiger charge is 2.44. The highest BCUT2D eigenvalue weighted by Crippen LogP contribution is 2.52. The predicted molar refractivity (Wildman–Crippen MR) is 82.7 cm³/mol. The lowest BCUT2D eigenvalue weighted by molar-refractivity contribution is 0.207. The SMILES string of the molecule is CCC=CC(CC)C(CC)C(CC)C1CC1CC. The lowest BCUT2D eigenvalue weighted by Crippen LogP contribution is -2.23. The summed E-state index contributed by atoms with van der Waals surface area (Å²) < 4.78 is 0. The molecule has 0 aromatic rings. The molecular weight excluding hydrogens is 216 g/mol. The molecule has 0 aliphatic heterocycles. The van der Waals surface area contributed by atoms with Gasteiger partial charge in [-0.25, -0.2) is 0 Å². The first-order valence-electron chi connectivity index (χ1n) is 8.39. The van der Waals surface area contributed by atoms with Crippen LogP contribution in [0, 0.1) is 29.6 Å². The van der Waals surface area contributed by atoms with E-state index in [0.29, 0.717) is 0 Å². The maximum atomic E-state index is 2.51. The van der Waals surface area contributed by atoms with Crippen LogP contribution in [0.5, 0.6) is 0 Å². The summed E-state index contributed by atoms with van der Waals surface area (Å²) in [5.41, 5.74) is 0. The van der Waals surface area contributed by atoms with Gasteiger partial charge in [0.2, 0.25) is 0 Å². The normalized spacial score (nSPS) is 28.3. The van der Waals surface area contributed by atoms with Gasteiger partial charge in [-0.2, -0.15) is 0 Å². The van der Waals surface area contributed by atoms with E-state index in [1.54, 1.807) is 0 Å². The van der Waals surface area contributed by atoms with Crippen molar-refractivity contribution in [1.29, 1.82) is 0 Å². The molecule has 18 heavy (non-hydrogen) atoms. The third-order valence-corrected chi connectivity index (χ3v) is 5.18. The van der Waals surface area contributed by atoms with Gasteiger partial charge >= 0.3 is 0 Å². The quantitative estimate of drug-likeness (QED) is 0.435. The molecule has 0 bridgehead atoms. The van der Waals surface area contributed by atoms with Crippen molar-refractivity contribution in [3.8, 4) is 0 Å². The fraction of sp³-hybridized carbons (Fsp3) is 0.889. The van der Waals surface area contributed by atoms with Crippen molar-refractivity contribution >= 4 is 0 Å². The van der Waals surface area contributed by atoms with E-state index in [9.17, 15) is 0 Å². The smallest absolute Gasteiger partial charge is 0.0205 e. The molecule has 5 atom stereocenters. The minimum atomic E-state index is 0.818. The van der Waals surface area contributed by atoms with E-state index in [0.717, 1.165) is 29.6 Å². The molecule has 0 heteroatoms.